The molecule has 10 heteroatoms. The number of ether oxygens (including phenoxy) is 1. The maximum absolute atomic E-state index is 12.8. The first-order valence-electron chi connectivity index (χ1n) is 10.5. The van der Waals surface area contributed by atoms with Gasteiger partial charge in [0.25, 0.3) is 5.91 Å². The number of anilines is 1. The number of rotatable bonds is 7. The summed E-state index contributed by atoms with van der Waals surface area (Å²) in [5.74, 6) is -2.26. The highest BCUT2D eigenvalue weighted by Crippen LogP contribution is 2.29. The van der Waals surface area contributed by atoms with E-state index in [1.165, 1.54) is 37.3 Å². The summed E-state index contributed by atoms with van der Waals surface area (Å²) in [4.78, 5) is 49.9. The topological polar surface area (TPSA) is 136 Å². The maximum atomic E-state index is 12.8. The van der Waals surface area contributed by atoms with Gasteiger partial charge in [-0.1, -0.05) is 42.5 Å². The van der Waals surface area contributed by atoms with E-state index in [1.807, 2.05) is 0 Å². The molecule has 0 saturated heterocycles. The van der Waals surface area contributed by atoms with Gasteiger partial charge in [0.15, 0.2) is 18.2 Å². The van der Waals surface area contributed by atoms with Crippen molar-refractivity contribution in [2.75, 3.05) is 11.9 Å². The summed E-state index contributed by atoms with van der Waals surface area (Å²) in [6, 6.07) is 17.1. The van der Waals surface area contributed by atoms with Crippen LogP contribution in [0.2, 0.25) is 0 Å². The van der Waals surface area contributed by atoms with Crippen LogP contribution in [0.15, 0.2) is 77.7 Å². The zero-order valence-electron chi connectivity index (χ0n) is 18.5. The van der Waals surface area contributed by atoms with Crippen LogP contribution >= 0.6 is 0 Å². The highest BCUT2D eigenvalue weighted by atomic mass is 32.2. The fraction of sp³-hybridized carbons (Fsp3) is 0.120. The van der Waals surface area contributed by atoms with Crippen LogP contribution in [0.5, 0.6) is 0 Å². The molecule has 0 saturated carbocycles. The first-order valence-corrected chi connectivity index (χ1v) is 12.0. The van der Waals surface area contributed by atoms with Crippen molar-refractivity contribution in [1.82, 2.24) is 4.72 Å². The quantitative estimate of drug-likeness (QED) is 0.378. The molecule has 0 radical (unpaired) electrons. The molecule has 3 aromatic carbocycles. The van der Waals surface area contributed by atoms with Gasteiger partial charge in [0.2, 0.25) is 10.0 Å². The minimum atomic E-state index is -3.94. The lowest BCUT2D eigenvalue weighted by Gasteiger charge is -2.18. The summed E-state index contributed by atoms with van der Waals surface area (Å²) >= 11 is 0. The Balaban J connectivity index is 1.37. The molecule has 1 amide bonds. The summed E-state index contributed by atoms with van der Waals surface area (Å²) in [5.41, 5.74) is 1.24. The lowest BCUT2D eigenvalue weighted by atomic mass is 9.84. The molecule has 9 nitrogen and oxygen atoms in total. The smallest absolute Gasteiger partial charge is 0.324 e. The van der Waals surface area contributed by atoms with Gasteiger partial charge < -0.3 is 10.1 Å². The third-order valence-corrected chi connectivity index (χ3v) is 6.85. The van der Waals surface area contributed by atoms with Gasteiger partial charge in [-0.25, -0.2) is 8.42 Å². The molecule has 178 valence electrons. The van der Waals surface area contributed by atoms with Gasteiger partial charge in [0.1, 0.15) is 6.04 Å². The number of carbonyl (C=O) groups is 4. The average Bonchev–Trinajstić information content (AvgIpc) is 2.86. The minimum absolute atomic E-state index is 0.0135. The predicted octanol–water partition coefficient (Wildman–Crippen LogP) is 2.31. The number of esters is 1. The summed E-state index contributed by atoms with van der Waals surface area (Å²) in [7, 11) is -3.94. The number of carbonyl (C=O) groups excluding carboxylic acids is 4. The van der Waals surface area contributed by atoms with Gasteiger partial charge in [0, 0.05) is 27.9 Å². The summed E-state index contributed by atoms with van der Waals surface area (Å²) in [5, 5.41) is 2.50. The highest BCUT2D eigenvalue weighted by molar-refractivity contribution is 7.89. The van der Waals surface area contributed by atoms with Crippen LogP contribution in [0.1, 0.15) is 38.8 Å². The molecule has 0 heterocycles. The Morgan fingerprint density at radius 2 is 1.40 bits per heavy atom. The first-order chi connectivity index (χ1) is 16.7. The largest absolute Gasteiger partial charge is 0.454 e. The molecule has 1 aliphatic carbocycles. The average molecular weight is 493 g/mol. The third kappa shape index (κ3) is 5.03. The number of hydrogen-bond acceptors (Lipinski definition) is 7. The van der Waals surface area contributed by atoms with E-state index in [9.17, 15) is 27.6 Å². The molecule has 1 unspecified atom stereocenters. The van der Waals surface area contributed by atoms with Gasteiger partial charge in [-0.15, -0.1) is 0 Å². The lowest BCUT2D eigenvalue weighted by molar-refractivity contribution is -0.148. The Bertz CT molecular complexity index is 1450. The van der Waals surface area contributed by atoms with Crippen molar-refractivity contribution >= 4 is 39.2 Å². The van der Waals surface area contributed by atoms with E-state index >= 15 is 0 Å². The van der Waals surface area contributed by atoms with Crippen LogP contribution in [0.4, 0.5) is 5.69 Å². The molecule has 0 aromatic heterocycles. The molecule has 4 rings (SSSR count). The molecular formula is C25H20N2O7S. The molecule has 2 N–H and O–H groups in total. The lowest BCUT2D eigenvalue weighted by Crippen LogP contribution is -2.40. The Morgan fingerprint density at radius 3 is 2.06 bits per heavy atom. The van der Waals surface area contributed by atoms with Crippen LogP contribution in [0.3, 0.4) is 0 Å². The SMILES string of the molecule is CC(NS(=O)(=O)c1ccccc1)C(=O)OCC(=O)Nc1ccc2c(c1)C(=O)c1ccccc1C2=O. The Hall–Kier alpha value is -4.15. The van der Waals surface area contributed by atoms with E-state index in [1.54, 1.807) is 42.5 Å². The molecular weight excluding hydrogens is 472 g/mol. The van der Waals surface area contributed by atoms with Gasteiger partial charge in [-0.3, -0.25) is 19.2 Å². The second kappa shape index (κ2) is 9.61. The maximum Gasteiger partial charge on any atom is 0.324 e. The monoisotopic (exact) mass is 492 g/mol. The molecule has 1 atom stereocenters. The number of nitrogens with one attached hydrogen (secondary N) is 2. The Morgan fingerprint density at radius 1 is 0.829 bits per heavy atom. The van der Waals surface area contributed by atoms with Crippen molar-refractivity contribution in [2.24, 2.45) is 0 Å². The number of sulfonamides is 1. The number of amides is 1. The zero-order chi connectivity index (χ0) is 25.2. The predicted molar refractivity (Wildman–Crippen MR) is 126 cm³/mol. The van der Waals surface area contributed by atoms with E-state index < -0.39 is 34.5 Å². The standard InChI is InChI=1S/C25H20N2O7S/c1-15(27-35(32,33)17-7-3-2-4-8-17)25(31)34-14-22(28)26-16-11-12-20-21(13-16)24(30)19-10-6-5-9-18(19)23(20)29/h2-13,15,27H,14H2,1H3,(H,26,28). The van der Waals surface area contributed by atoms with Crippen LogP contribution in [-0.2, 0) is 24.3 Å². The molecule has 3 aromatic rings. The Labute approximate surface area is 201 Å². The molecule has 1 aliphatic rings. The second-order valence-electron chi connectivity index (χ2n) is 7.78. The zero-order valence-corrected chi connectivity index (χ0v) is 19.3. The molecule has 0 spiro atoms. The fourth-order valence-corrected chi connectivity index (χ4v) is 4.80. The minimum Gasteiger partial charge on any atom is -0.454 e. The van der Waals surface area contributed by atoms with Gasteiger partial charge in [-0.2, -0.15) is 4.72 Å². The fourth-order valence-electron chi connectivity index (χ4n) is 3.58. The van der Waals surface area contributed by atoms with E-state index in [-0.39, 0.29) is 38.8 Å². The molecule has 35 heavy (non-hydrogen) atoms. The highest BCUT2D eigenvalue weighted by Gasteiger charge is 2.29. The van der Waals surface area contributed by atoms with Crippen LogP contribution in [0.25, 0.3) is 0 Å². The van der Waals surface area contributed by atoms with Crippen molar-refractivity contribution in [3.63, 3.8) is 0 Å². The van der Waals surface area contributed by atoms with Crippen molar-refractivity contribution in [3.05, 3.63) is 95.1 Å². The number of hydrogen-bond donors (Lipinski definition) is 2. The summed E-state index contributed by atoms with van der Waals surface area (Å²) < 4.78 is 31.8. The molecule has 0 fully saturated rings. The van der Waals surface area contributed by atoms with Gasteiger partial charge in [-0.05, 0) is 37.3 Å². The van der Waals surface area contributed by atoms with Crippen molar-refractivity contribution in [1.29, 1.82) is 0 Å². The number of benzene rings is 3. The second-order valence-corrected chi connectivity index (χ2v) is 9.49. The van der Waals surface area contributed by atoms with Crippen LogP contribution in [-0.4, -0.2) is 44.5 Å². The third-order valence-electron chi connectivity index (χ3n) is 5.29. The summed E-state index contributed by atoms with van der Waals surface area (Å²) in [6.07, 6.45) is 0. The molecule has 0 bridgehead atoms. The van der Waals surface area contributed by atoms with Crippen molar-refractivity contribution in [3.8, 4) is 0 Å². The van der Waals surface area contributed by atoms with E-state index in [4.69, 9.17) is 4.74 Å². The van der Waals surface area contributed by atoms with Crippen LogP contribution in [0, 0.1) is 0 Å². The van der Waals surface area contributed by atoms with E-state index in [0.717, 1.165) is 0 Å². The van der Waals surface area contributed by atoms with E-state index in [0.29, 0.717) is 5.56 Å². The number of fused-ring (bicyclic) bond motifs is 2. The Kier molecular flexibility index (Phi) is 6.59. The van der Waals surface area contributed by atoms with Gasteiger partial charge in [0.05, 0.1) is 4.90 Å². The normalized spacial score (nSPS) is 13.4. The summed E-state index contributed by atoms with van der Waals surface area (Å²) in [6.45, 7) is 0.619. The first kappa shape index (κ1) is 24.0. The van der Waals surface area contributed by atoms with Gasteiger partial charge >= 0.3 is 5.97 Å². The van der Waals surface area contributed by atoms with Crippen molar-refractivity contribution in [2.45, 2.75) is 17.9 Å². The molecule has 0 aliphatic heterocycles. The number of ketones is 2. The van der Waals surface area contributed by atoms with Crippen LogP contribution < -0.4 is 10.0 Å². The van der Waals surface area contributed by atoms with Crippen molar-refractivity contribution < 1.29 is 32.3 Å². The van der Waals surface area contributed by atoms with E-state index in [2.05, 4.69) is 10.0 Å².